The van der Waals surface area contributed by atoms with Crippen LogP contribution in [0.1, 0.15) is 58.8 Å². The molecular formula is C14H25NO3. The Balaban J connectivity index is 1.92. The maximum Gasteiger partial charge on any atom is 0.412 e. The number of hydrogen-bond donors (Lipinski definition) is 1. The summed E-state index contributed by atoms with van der Waals surface area (Å²) in [7, 11) is 0. The molecule has 1 amide bonds. The Labute approximate surface area is 109 Å². The van der Waals surface area contributed by atoms with Gasteiger partial charge in [-0.1, -0.05) is 19.3 Å². The van der Waals surface area contributed by atoms with Gasteiger partial charge in [-0.2, -0.15) is 0 Å². The van der Waals surface area contributed by atoms with Crippen molar-refractivity contribution in [2.24, 2.45) is 5.92 Å². The van der Waals surface area contributed by atoms with Crippen molar-refractivity contribution in [2.45, 2.75) is 70.6 Å². The zero-order chi connectivity index (χ0) is 13.2. The number of rotatable bonds is 2. The van der Waals surface area contributed by atoms with Gasteiger partial charge in [-0.15, -0.1) is 0 Å². The van der Waals surface area contributed by atoms with Gasteiger partial charge in [-0.25, -0.2) is 4.79 Å². The van der Waals surface area contributed by atoms with Crippen molar-refractivity contribution >= 4 is 6.09 Å². The lowest BCUT2D eigenvalue weighted by Crippen LogP contribution is -2.44. The monoisotopic (exact) mass is 255 g/mol. The number of likely N-dealkylation sites (tertiary alicyclic amines) is 1. The topological polar surface area (TPSA) is 49.8 Å². The summed E-state index contributed by atoms with van der Waals surface area (Å²) >= 11 is 0. The number of ether oxygens (including phenoxy) is 1. The van der Waals surface area contributed by atoms with Crippen molar-refractivity contribution in [3.63, 3.8) is 0 Å². The van der Waals surface area contributed by atoms with Gasteiger partial charge in [0.1, 0.15) is 11.8 Å². The Morgan fingerprint density at radius 3 is 2.39 bits per heavy atom. The highest BCUT2D eigenvalue weighted by Crippen LogP contribution is 2.35. The molecule has 1 N–H and O–H groups in total. The van der Waals surface area contributed by atoms with Crippen molar-refractivity contribution in [3.05, 3.63) is 0 Å². The molecule has 1 saturated heterocycles. The molecule has 4 nitrogen and oxygen atoms in total. The maximum atomic E-state index is 12.1. The van der Waals surface area contributed by atoms with Gasteiger partial charge in [-0.3, -0.25) is 4.90 Å². The van der Waals surface area contributed by atoms with Gasteiger partial charge in [0.25, 0.3) is 0 Å². The van der Waals surface area contributed by atoms with Gasteiger partial charge < -0.3 is 9.84 Å². The number of amides is 1. The largest absolute Gasteiger partial charge is 0.443 e. The average molecular weight is 255 g/mol. The number of aliphatic hydroxyl groups excluding tert-OH is 1. The van der Waals surface area contributed by atoms with Crippen molar-refractivity contribution in [2.75, 3.05) is 6.54 Å². The summed E-state index contributed by atoms with van der Waals surface area (Å²) in [5, 5.41) is 9.69. The molecule has 2 fully saturated rings. The lowest BCUT2D eigenvalue weighted by atomic mass is 9.79. The molecule has 0 aromatic heterocycles. The molecule has 2 rings (SSSR count). The maximum absolute atomic E-state index is 12.1. The zero-order valence-corrected chi connectivity index (χ0v) is 11.5. The first-order chi connectivity index (χ1) is 8.50. The third-order valence-electron chi connectivity index (χ3n) is 4.39. The van der Waals surface area contributed by atoms with Crippen LogP contribution in [0.2, 0.25) is 0 Å². The van der Waals surface area contributed by atoms with E-state index in [-0.39, 0.29) is 6.09 Å². The van der Waals surface area contributed by atoms with Crippen molar-refractivity contribution < 1.29 is 14.6 Å². The van der Waals surface area contributed by atoms with E-state index in [2.05, 4.69) is 0 Å². The van der Waals surface area contributed by atoms with E-state index in [1.807, 2.05) is 13.8 Å². The predicted octanol–water partition coefficient (Wildman–Crippen LogP) is 2.90. The summed E-state index contributed by atoms with van der Waals surface area (Å²) in [6.07, 6.45) is 6.57. The summed E-state index contributed by atoms with van der Waals surface area (Å²) in [5.41, 5.74) is -0.417. The molecule has 1 heterocycles. The SMILES string of the molecule is CC(C)(OC(=O)N1CCCC1O)C1CCCCC1. The Bertz CT molecular complexity index is 297. The van der Waals surface area contributed by atoms with Crippen LogP contribution in [0.5, 0.6) is 0 Å². The molecule has 1 saturated carbocycles. The van der Waals surface area contributed by atoms with E-state index in [0.717, 1.165) is 19.3 Å². The molecule has 1 atom stereocenters. The molecule has 1 unspecified atom stereocenters. The van der Waals surface area contributed by atoms with E-state index in [9.17, 15) is 9.90 Å². The second-order valence-corrected chi connectivity index (χ2v) is 6.12. The molecule has 0 spiro atoms. The first-order valence-electron chi connectivity index (χ1n) is 7.18. The molecule has 2 aliphatic rings. The fraction of sp³-hybridized carbons (Fsp3) is 0.929. The van der Waals surface area contributed by atoms with Crippen LogP contribution in [0.15, 0.2) is 0 Å². The molecule has 0 radical (unpaired) electrons. The van der Waals surface area contributed by atoms with Crippen molar-refractivity contribution in [3.8, 4) is 0 Å². The average Bonchev–Trinajstić information content (AvgIpc) is 2.76. The minimum atomic E-state index is -0.653. The molecule has 4 heteroatoms. The fourth-order valence-electron chi connectivity index (χ4n) is 3.13. The molecular weight excluding hydrogens is 230 g/mol. The van der Waals surface area contributed by atoms with Crippen LogP contribution >= 0.6 is 0 Å². The van der Waals surface area contributed by atoms with Gasteiger partial charge in [0.05, 0.1) is 0 Å². The molecule has 1 aliphatic carbocycles. The normalized spacial score (nSPS) is 26.4. The van der Waals surface area contributed by atoms with Crippen LogP contribution in [0.3, 0.4) is 0 Å². The van der Waals surface area contributed by atoms with E-state index in [1.165, 1.54) is 24.2 Å². The van der Waals surface area contributed by atoms with Gasteiger partial charge in [0, 0.05) is 6.54 Å². The summed E-state index contributed by atoms with van der Waals surface area (Å²) in [5.74, 6) is 0.454. The highest BCUT2D eigenvalue weighted by atomic mass is 16.6. The Morgan fingerprint density at radius 1 is 1.17 bits per heavy atom. The zero-order valence-electron chi connectivity index (χ0n) is 11.5. The van der Waals surface area contributed by atoms with E-state index < -0.39 is 11.8 Å². The van der Waals surface area contributed by atoms with Gasteiger partial charge in [0.2, 0.25) is 0 Å². The second kappa shape index (κ2) is 5.47. The smallest absolute Gasteiger partial charge is 0.412 e. The number of aliphatic hydroxyl groups is 1. The van der Waals surface area contributed by atoms with Crippen LogP contribution in [-0.4, -0.2) is 34.5 Å². The molecule has 1 aliphatic heterocycles. The Morgan fingerprint density at radius 2 is 1.83 bits per heavy atom. The van der Waals surface area contributed by atoms with E-state index in [1.54, 1.807) is 0 Å². The summed E-state index contributed by atoms with van der Waals surface area (Å²) in [6.45, 7) is 4.62. The lowest BCUT2D eigenvalue weighted by Gasteiger charge is -2.37. The minimum absolute atomic E-state index is 0.351. The van der Waals surface area contributed by atoms with Crippen molar-refractivity contribution in [1.29, 1.82) is 0 Å². The van der Waals surface area contributed by atoms with E-state index in [0.29, 0.717) is 18.9 Å². The quantitative estimate of drug-likeness (QED) is 0.825. The Kier molecular flexibility index (Phi) is 4.15. The van der Waals surface area contributed by atoms with E-state index >= 15 is 0 Å². The molecule has 104 valence electrons. The van der Waals surface area contributed by atoms with Crippen LogP contribution in [0.25, 0.3) is 0 Å². The minimum Gasteiger partial charge on any atom is -0.443 e. The lowest BCUT2D eigenvalue weighted by molar-refractivity contribution is -0.0525. The molecule has 0 bridgehead atoms. The third-order valence-corrected chi connectivity index (χ3v) is 4.39. The fourth-order valence-corrected chi connectivity index (χ4v) is 3.13. The van der Waals surface area contributed by atoms with Crippen LogP contribution < -0.4 is 0 Å². The first-order valence-corrected chi connectivity index (χ1v) is 7.18. The van der Waals surface area contributed by atoms with Crippen LogP contribution in [-0.2, 0) is 4.74 Å². The molecule has 18 heavy (non-hydrogen) atoms. The predicted molar refractivity (Wildman–Crippen MR) is 69.1 cm³/mol. The standard InChI is InChI=1S/C14H25NO3/c1-14(2,11-7-4-3-5-8-11)18-13(17)15-10-6-9-12(15)16/h11-12,16H,3-10H2,1-2H3. The second-order valence-electron chi connectivity index (χ2n) is 6.12. The Hall–Kier alpha value is -0.770. The number of carbonyl (C=O) groups is 1. The highest BCUT2D eigenvalue weighted by molar-refractivity contribution is 5.68. The van der Waals surface area contributed by atoms with Gasteiger partial charge in [0.15, 0.2) is 0 Å². The third kappa shape index (κ3) is 2.97. The van der Waals surface area contributed by atoms with Gasteiger partial charge in [-0.05, 0) is 45.4 Å². The number of carbonyl (C=O) groups excluding carboxylic acids is 1. The summed E-state index contributed by atoms with van der Waals surface area (Å²) in [6, 6.07) is 0. The number of hydrogen-bond acceptors (Lipinski definition) is 3. The first kappa shape index (κ1) is 13.7. The summed E-state index contributed by atoms with van der Waals surface area (Å²) in [4.78, 5) is 13.5. The number of nitrogens with zero attached hydrogens (tertiary/aromatic N) is 1. The molecule has 0 aromatic carbocycles. The highest BCUT2D eigenvalue weighted by Gasteiger charge is 2.37. The van der Waals surface area contributed by atoms with Crippen LogP contribution in [0, 0.1) is 5.92 Å². The van der Waals surface area contributed by atoms with Gasteiger partial charge >= 0.3 is 6.09 Å². The van der Waals surface area contributed by atoms with Crippen LogP contribution in [0.4, 0.5) is 4.79 Å². The molecule has 0 aromatic rings. The van der Waals surface area contributed by atoms with Crippen molar-refractivity contribution in [1.82, 2.24) is 4.90 Å². The van der Waals surface area contributed by atoms with E-state index in [4.69, 9.17) is 4.74 Å². The summed E-state index contributed by atoms with van der Waals surface area (Å²) < 4.78 is 5.66.